The predicted octanol–water partition coefficient (Wildman–Crippen LogP) is 3.15. The van der Waals surface area contributed by atoms with Crippen molar-refractivity contribution in [1.29, 1.82) is 0 Å². The van der Waals surface area contributed by atoms with Crippen LogP contribution in [0.4, 0.5) is 5.69 Å². The van der Waals surface area contributed by atoms with Crippen LogP contribution in [-0.2, 0) is 16.6 Å². The molecule has 10 heteroatoms. The van der Waals surface area contributed by atoms with E-state index in [1.54, 1.807) is 54.9 Å². The number of nitrogens with zero attached hydrogens (tertiary/aromatic N) is 2. The number of benzene rings is 2. The first-order valence-electron chi connectivity index (χ1n) is 9.66. The molecule has 4 rings (SSSR count). The zero-order chi connectivity index (χ0) is 22.7. The monoisotopic (exact) mass is 452 g/mol. The Morgan fingerprint density at radius 3 is 2.47 bits per heavy atom. The average molecular weight is 452 g/mol. The fourth-order valence-corrected chi connectivity index (χ4v) is 3.74. The lowest BCUT2D eigenvalue weighted by molar-refractivity contribution is 0.440. The molecule has 0 aliphatic carbocycles. The van der Waals surface area contributed by atoms with Crippen molar-refractivity contribution in [2.24, 2.45) is 0 Å². The third-order valence-electron chi connectivity index (χ3n) is 4.87. The predicted molar refractivity (Wildman–Crippen MR) is 120 cm³/mol. The van der Waals surface area contributed by atoms with Crippen molar-refractivity contribution in [3.05, 3.63) is 88.0 Å². The van der Waals surface area contributed by atoms with Crippen LogP contribution >= 0.6 is 0 Å². The zero-order valence-electron chi connectivity index (χ0n) is 17.3. The summed E-state index contributed by atoms with van der Waals surface area (Å²) in [7, 11) is -2.27. The molecule has 0 spiro atoms. The van der Waals surface area contributed by atoms with E-state index in [0.717, 1.165) is 16.5 Å². The summed E-state index contributed by atoms with van der Waals surface area (Å²) in [5.41, 5.74) is 2.55. The van der Waals surface area contributed by atoms with Gasteiger partial charge in [0, 0.05) is 48.6 Å². The molecule has 0 aliphatic rings. The lowest BCUT2D eigenvalue weighted by Gasteiger charge is -2.10. The zero-order valence-corrected chi connectivity index (χ0v) is 18.1. The summed E-state index contributed by atoms with van der Waals surface area (Å²) in [4.78, 5) is 20.7. The van der Waals surface area contributed by atoms with Crippen molar-refractivity contribution in [2.75, 3.05) is 11.8 Å². The summed E-state index contributed by atoms with van der Waals surface area (Å²) in [6, 6.07) is 13.9. The van der Waals surface area contributed by atoms with Crippen molar-refractivity contribution < 1.29 is 17.6 Å². The van der Waals surface area contributed by atoms with Crippen molar-refractivity contribution in [3.63, 3.8) is 0 Å². The smallest absolute Gasteiger partial charge is 0.340 e. The van der Waals surface area contributed by atoms with Gasteiger partial charge >= 0.3 is 11.6 Å². The highest BCUT2D eigenvalue weighted by atomic mass is 32.2. The Balaban J connectivity index is 1.59. The molecule has 0 saturated carbocycles. The van der Waals surface area contributed by atoms with Crippen LogP contribution in [0.5, 0.6) is 11.8 Å². The van der Waals surface area contributed by atoms with Gasteiger partial charge in [0.05, 0.1) is 0 Å². The molecule has 0 fully saturated rings. The molecule has 0 aliphatic heterocycles. The third kappa shape index (κ3) is 4.76. The van der Waals surface area contributed by atoms with Gasteiger partial charge < -0.3 is 9.15 Å². The number of hydrogen-bond donors (Lipinski definition) is 2. The van der Waals surface area contributed by atoms with Gasteiger partial charge in [-0.3, -0.25) is 4.72 Å². The molecule has 0 bridgehead atoms. The van der Waals surface area contributed by atoms with E-state index >= 15 is 0 Å². The molecule has 0 atom stereocenters. The maximum absolute atomic E-state index is 12.7. The highest BCUT2D eigenvalue weighted by Crippen LogP contribution is 2.27. The Kier molecular flexibility index (Phi) is 5.89. The van der Waals surface area contributed by atoms with Crippen LogP contribution in [0, 0.1) is 6.92 Å². The normalized spacial score (nSPS) is 11.4. The van der Waals surface area contributed by atoms with Crippen molar-refractivity contribution in [1.82, 2.24) is 14.7 Å². The molecule has 32 heavy (non-hydrogen) atoms. The SMILES string of the molecule is CNS(=O)(=O)Nc1ccc(Cc2c(C)c3ccc(Oc4ncccn4)cc3oc2=O)cc1. The van der Waals surface area contributed by atoms with Crippen LogP contribution in [0.3, 0.4) is 0 Å². The first-order chi connectivity index (χ1) is 15.3. The molecule has 0 saturated heterocycles. The molecular weight excluding hydrogens is 432 g/mol. The molecule has 0 unspecified atom stereocenters. The summed E-state index contributed by atoms with van der Waals surface area (Å²) in [5.74, 6) is 0.457. The lowest BCUT2D eigenvalue weighted by Crippen LogP contribution is -2.26. The summed E-state index contributed by atoms with van der Waals surface area (Å²) in [6.45, 7) is 1.87. The van der Waals surface area contributed by atoms with Crippen molar-refractivity contribution in [3.8, 4) is 11.8 Å². The molecule has 0 amide bonds. The highest BCUT2D eigenvalue weighted by molar-refractivity contribution is 7.90. The van der Waals surface area contributed by atoms with Gasteiger partial charge in [0.2, 0.25) is 0 Å². The van der Waals surface area contributed by atoms with E-state index in [1.165, 1.54) is 7.05 Å². The largest absolute Gasteiger partial charge is 0.424 e. The Labute approximate surface area is 184 Å². The molecule has 4 aromatic rings. The summed E-state index contributed by atoms with van der Waals surface area (Å²) >= 11 is 0. The summed E-state index contributed by atoms with van der Waals surface area (Å²) < 4.78 is 38.9. The fourth-order valence-electron chi connectivity index (χ4n) is 3.19. The number of fused-ring (bicyclic) bond motifs is 1. The van der Waals surface area contributed by atoms with E-state index in [4.69, 9.17) is 9.15 Å². The van der Waals surface area contributed by atoms with Crippen LogP contribution in [0.2, 0.25) is 0 Å². The maximum Gasteiger partial charge on any atom is 0.340 e. The van der Waals surface area contributed by atoms with E-state index in [1.807, 2.05) is 13.0 Å². The highest BCUT2D eigenvalue weighted by Gasteiger charge is 2.14. The number of hydrogen-bond acceptors (Lipinski definition) is 7. The molecular formula is C22H20N4O5S. The molecule has 164 valence electrons. The van der Waals surface area contributed by atoms with Crippen LogP contribution in [0.25, 0.3) is 11.0 Å². The van der Waals surface area contributed by atoms with Gasteiger partial charge in [-0.1, -0.05) is 12.1 Å². The van der Waals surface area contributed by atoms with Crippen LogP contribution < -0.4 is 19.8 Å². The van der Waals surface area contributed by atoms with Crippen LogP contribution in [-0.4, -0.2) is 25.4 Å². The Morgan fingerprint density at radius 1 is 1.06 bits per heavy atom. The molecule has 0 radical (unpaired) electrons. The average Bonchev–Trinajstić information content (AvgIpc) is 2.78. The van der Waals surface area contributed by atoms with E-state index in [-0.39, 0.29) is 6.01 Å². The number of aromatic nitrogens is 2. The number of nitrogens with one attached hydrogen (secondary N) is 2. The second kappa shape index (κ2) is 8.77. The van der Waals surface area contributed by atoms with Gasteiger partial charge in [0.25, 0.3) is 10.2 Å². The lowest BCUT2D eigenvalue weighted by atomic mass is 9.99. The van der Waals surface area contributed by atoms with Gasteiger partial charge in [-0.15, -0.1) is 0 Å². The van der Waals surface area contributed by atoms with Gasteiger partial charge in [-0.05, 0) is 48.4 Å². The first kappa shape index (κ1) is 21.5. The van der Waals surface area contributed by atoms with Gasteiger partial charge in [-0.2, -0.15) is 8.42 Å². The van der Waals surface area contributed by atoms with Gasteiger partial charge in [0.1, 0.15) is 11.3 Å². The Morgan fingerprint density at radius 2 is 1.78 bits per heavy atom. The van der Waals surface area contributed by atoms with E-state index < -0.39 is 15.8 Å². The van der Waals surface area contributed by atoms with Gasteiger partial charge in [-0.25, -0.2) is 19.5 Å². The maximum atomic E-state index is 12.7. The second-order valence-electron chi connectivity index (χ2n) is 6.97. The topological polar surface area (TPSA) is 123 Å². The second-order valence-corrected chi connectivity index (χ2v) is 8.59. The minimum absolute atomic E-state index is 0.197. The molecule has 2 heterocycles. The Hall–Kier alpha value is -3.76. The summed E-state index contributed by atoms with van der Waals surface area (Å²) in [6.07, 6.45) is 3.49. The third-order valence-corrected chi connectivity index (χ3v) is 5.91. The van der Waals surface area contributed by atoms with Gasteiger partial charge in [0.15, 0.2) is 0 Å². The number of aryl methyl sites for hydroxylation is 1. The Bertz CT molecular complexity index is 1420. The minimum atomic E-state index is -3.59. The summed E-state index contributed by atoms with van der Waals surface area (Å²) in [5, 5.41) is 0.791. The molecule has 2 N–H and O–H groups in total. The van der Waals surface area contributed by atoms with E-state index in [9.17, 15) is 13.2 Å². The number of rotatable bonds is 7. The number of anilines is 1. The molecule has 2 aromatic heterocycles. The standard InChI is InChI=1S/C22H20N4O5S/c1-14-18-9-8-17(30-22-24-10-3-11-25-22)13-20(18)31-21(27)19(14)12-15-4-6-16(7-5-15)26-32(28,29)23-2/h3-11,13,23,26H,12H2,1-2H3. The van der Waals surface area contributed by atoms with E-state index in [0.29, 0.717) is 29.0 Å². The van der Waals surface area contributed by atoms with Crippen molar-refractivity contribution in [2.45, 2.75) is 13.3 Å². The minimum Gasteiger partial charge on any atom is -0.424 e. The fraction of sp³-hybridized carbons (Fsp3) is 0.136. The van der Waals surface area contributed by atoms with Crippen LogP contribution in [0.1, 0.15) is 16.7 Å². The van der Waals surface area contributed by atoms with Crippen molar-refractivity contribution >= 4 is 26.9 Å². The van der Waals surface area contributed by atoms with Crippen LogP contribution in [0.15, 0.2) is 70.1 Å². The molecule has 2 aromatic carbocycles. The first-order valence-corrected chi connectivity index (χ1v) is 11.1. The molecule has 9 nitrogen and oxygen atoms in total. The van der Waals surface area contributed by atoms with E-state index in [2.05, 4.69) is 19.4 Å². The quantitative estimate of drug-likeness (QED) is 0.413. The number of ether oxygens (including phenoxy) is 1.